The molecule has 1 saturated carbocycles. The van der Waals surface area contributed by atoms with Crippen molar-refractivity contribution in [2.45, 2.75) is 18.8 Å². The van der Waals surface area contributed by atoms with Crippen molar-refractivity contribution < 1.29 is 9.90 Å². The quantitative estimate of drug-likeness (QED) is 0.789. The van der Waals surface area contributed by atoms with Gasteiger partial charge in [-0.15, -0.1) is 0 Å². The Bertz CT molecular complexity index is 374. The second kappa shape index (κ2) is 3.50. The normalized spacial score (nSPS) is 15.2. The largest absolute Gasteiger partial charge is 0.465 e. The molecule has 0 aliphatic heterocycles. The van der Waals surface area contributed by atoms with Crippen LogP contribution in [0.4, 0.5) is 10.5 Å². The summed E-state index contributed by atoms with van der Waals surface area (Å²) in [7, 11) is 0. The summed E-state index contributed by atoms with van der Waals surface area (Å²) < 4.78 is 0. The van der Waals surface area contributed by atoms with Crippen LogP contribution in [0.15, 0.2) is 18.2 Å². The SMILES string of the molecule is O=C(O)Nc1ccc(C2CC2)c(Cl)c1. The summed E-state index contributed by atoms with van der Waals surface area (Å²) in [6.07, 6.45) is 1.30. The average Bonchev–Trinajstić information content (AvgIpc) is 2.86. The molecule has 1 aliphatic rings. The van der Waals surface area contributed by atoms with E-state index in [1.54, 1.807) is 12.1 Å². The molecule has 1 aromatic rings. The lowest BCUT2D eigenvalue weighted by atomic mass is 10.1. The summed E-state index contributed by atoms with van der Waals surface area (Å²) >= 11 is 6.01. The van der Waals surface area contributed by atoms with E-state index >= 15 is 0 Å². The number of hydrogen-bond donors (Lipinski definition) is 2. The van der Waals surface area contributed by atoms with Crippen molar-refractivity contribution >= 4 is 23.4 Å². The van der Waals surface area contributed by atoms with E-state index in [9.17, 15) is 4.79 Å². The maximum atomic E-state index is 10.4. The molecule has 0 atom stereocenters. The Morgan fingerprint density at radius 3 is 2.71 bits per heavy atom. The molecular formula is C10H10ClNO2. The third-order valence-electron chi connectivity index (χ3n) is 2.27. The number of hydrogen-bond acceptors (Lipinski definition) is 1. The van der Waals surface area contributed by atoms with Crippen LogP contribution >= 0.6 is 11.6 Å². The molecule has 0 saturated heterocycles. The van der Waals surface area contributed by atoms with Gasteiger partial charge < -0.3 is 5.11 Å². The first-order chi connectivity index (χ1) is 6.66. The Hall–Kier alpha value is -1.22. The zero-order chi connectivity index (χ0) is 10.1. The molecule has 4 heteroatoms. The van der Waals surface area contributed by atoms with Gasteiger partial charge in [-0.05, 0) is 36.5 Å². The Morgan fingerprint density at radius 1 is 1.50 bits per heavy atom. The lowest BCUT2D eigenvalue weighted by molar-refractivity contribution is 0.210. The molecule has 74 valence electrons. The van der Waals surface area contributed by atoms with Crippen LogP contribution < -0.4 is 5.32 Å². The van der Waals surface area contributed by atoms with Crippen molar-refractivity contribution in [2.75, 3.05) is 5.32 Å². The van der Waals surface area contributed by atoms with Crippen molar-refractivity contribution in [2.24, 2.45) is 0 Å². The van der Waals surface area contributed by atoms with Crippen LogP contribution in [0.25, 0.3) is 0 Å². The molecule has 3 nitrogen and oxygen atoms in total. The zero-order valence-corrected chi connectivity index (χ0v) is 8.21. The first-order valence-electron chi connectivity index (χ1n) is 4.46. The van der Waals surface area contributed by atoms with E-state index < -0.39 is 6.09 Å². The van der Waals surface area contributed by atoms with E-state index in [1.807, 2.05) is 6.07 Å². The second-order valence-electron chi connectivity index (χ2n) is 3.44. The number of halogens is 1. The average molecular weight is 212 g/mol. The van der Waals surface area contributed by atoms with Crippen LogP contribution in [-0.2, 0) is 0 Å². The second-order valence-corrected chi connectivity index (χ2v) is 3.85. The molecule has 1 aromatic carbocycles. The standard InChI is InChI=1S/C10H10ClNO2/c11-9-5-7(12-10(13)14)3-4-8(9)6-1-2-6/h3-6,12H,1-2H2,(H,13,14). The number of rotatable bonds is 2. The number of benzene rings is 1. The summed E-state index contributed by atoms with van der Waals surface area (Å²) in [6.45, 7) is 0. The van der Waals surface area contributed by atoms with Gasteiger partial charge in [0.15, 0.2) is 0 Å². The zero-order valence-electron chi connectivity index (χ0n) is 7.46. The van der Waals surface area contributed by atoms with Crippen LogP contribution in [0.5, 0.6) is 0 Å². The van der Waals surface area contributed by atoms with E-state index in [1.165, 1.54) is 12.8 Å². The molecule has 0 radical (unpaired) electrons. The third kappa shape index (κ3) is 1.99. The van der Waals surface area contributed by atoms with E-state index in [-0.39, 0.29) is 0 Å². The molecule has 0 bridgehead atoms. The van der Waals surface area contributed by atoms with Crippen molar-refractivity contribution in [3.63, 3.8) is 0 Å². The Morgan fingerprint density at radius 2 is 2.21 bits per heavy atom. The number of carboxylic acid groups (broad SMARTS) is 1. The van der Waals surface area contributed by atoms with Crippen molar-refractivity contribution in [3.05, 3.63) is 28.8 Å². The molecule has 14 heavy (non-hydrogen) atoms. The summed E-state index contributed by atoms with van der Waals surface area (Å²) in [5, 5.41) is 11.4. The number of amides is 1. The highest BCUT2D eigenvalue weighted by molar-refractivity contribution is 6.31. The molecule has 0 aromatic heterocycles. The minimum absolute atomic E-state index is 0.520. The van der Waals surface area contributed by atoms with Crippen molar-refractivity contribution in [1.29, 1.82) is 0 Å². The highest BCUT2D eigenvalue weighted by Crippen LogP contribution is 2.43. The molecule has 1 fully saturated rings. The minimum Gasteiger partial charge on any atom is -0.465 e. The predicted molar refractivity (Wildman–Crippen MR) is 55.1 cm³/mol. The molecule has 1 aliphatic carbocycles. The lowest BCUT2D eigenvalue weighted by Gasteiger charge is -2.05. The fourth-order valence-electron chi connectivity index (χ4n) is 1.45. The third-order valence-corrected chi connectivity index (χ3v) is 2.60. The van der Waals surface area contributed by atoms with Crippen LogP contribution in [0.3, 0.4) is 0 Å². The summed E-state index contributed by atoms with van der Waals surface area (Å²) in [6, 6.07) is 5.29. The van der Waals surface area contributed by atoms with Gasteiger partial charge >= 0.3 is 6.09 Å². The molecular weight excluding hydrogens is 202 g/mol. The number of nitrogens with one attached hydrogen (secondary N) is 1. The maximum Gasteiger partial charge on any atom is 0.409 e. The Balaban J connectivity index is 2.21. The van der Waals surface area contributed by atoms with Gasteiger partial charge in [-0.1, -0.05) is 17.7 Å². The van der Waals surface area contributed by atoms with Crippen molar-refractivity contribution in [3.8, 4) is 0 Å². The lowest BCUT2D eigenvalue weighted by Crippen LogP contribution is -2.07. The van der Waals surface area contributed by atoms with E-state index in [0.717, 1.165) is 5.56 Å². The van der Waals surface area contributed by atoms with E-state index in [0.29, 0.717) is 16.6 Å². The summed E-state index contributed by atoms with van der Waals surface area (Å²) in [5.74, 6) is 0.585. The van der Waals surface area contributed by atoms with Gasteiger partial charge in [0.25, 0.3) is 0 Å². The van der Waals surface area contributed by atoms with Crippen LogP contribution in [-0.4, -0.2) is 11.2 Å². The molecule has 0 unspecified atom stereocenters. The van der Waals surface area contributed by atoms with Gasteiger partial charge in [-0.3, -0.25) is 5.32 Å². The molecule has 2 rings (SSSR count). The Kier molecular flexibility index (Phi) is 2.33. The van der Waals surface area contributed by atoms with Gasteiger partial charge in [0.1, 0.15) is 0 Å². The number of carbonyl (C=O) groups is 1. The van der Waals surface area contributed by atoms with Gasteiger partial charge in [-0.2, -0.15) is 0 Å². The van der Waals surface area contributed by atoms with Gasteiger partial charge in [0.2, 0.25) is 0 Å². The molecule has 1 amide bonds. The first kappa shape index (κ1) is 9.34. The molecule has 0 heterocycles. The van der Waals surface area contributed by atoms with E-state index in [2.05, 4.69) is 5.32 Å². The van der Waals surface area contributed by atoms with Crippen LogP contribution in [0.2, 0.25) is 5.02 Å². The predicted octanol–water partition coefficient (Wildman–Crippen LogP) is 3.31. The topological polar surface area (TPSA) is 49.3 Å². The summed E-state index contributed by atoms with van der Waals surface area (Å²) in [4.78, 5) is 10.4. The van der Waals surface area contributed by atoms with Gasteiger partial charge in [0.05, 0.1) is 0 Å². The van der Waals surface area contributed by atoms with Gasteiger partial charge in [-0.25, -0.2) is 4.79 Å². The smallest absolute Gasteiger partial charge is 0.409 e. The minimum atomic E-state index is -1.07. The Labute approximate surface area is 86.7 Å². The summed E-state index contributed by atoms with van der Waals surface area (Å²) in [5.41, 5.74) is 1.65. The first-order valence-corrected chi connectivity index (χ1v) is 4.84. The number of anilines is 1. The molecule has 0 spiro atoms. The maximum absolute atomic E-state index is 10.4. The van der Waals surface area contributed by atoms with E-state index in [4.69, 9.17) is 16.7 Å². The van der Waals surface area contributed by atoms with Crippen LogP contribution in [0, 0.1) is 0 Å². The highest BCUT2D eigenvalue weighted by Gasteiger charge is 2.25. The van der Waals surface area contributed by atoms with Crippen LogP contribution in [0.1, 0.15) is 24.3 Å². The van der Waals surface area contributed by atoms with Gasteiger partial charge in [0, 0.05) is 10.7 Å². The van der Waals surface area contributed by atoms with Crippen molar-refractivity contribution in [1.82, 2.24) is 0 Å². The molecule has 2 N–H and O–H groups in total. The fourth-order valence-corrected chi connectivity index (χ4v) is 1.79. The fraction of sp³-hybridized carbons (Fsp3) is 0.300. The monoisotopic (exact) mass is 211 g/mol. The highest BCUT2D eigenvalue weighted by atomic mass is 35.5.